The zero-order chi connectivity index (χ0) is 16.8. The van der Waals surface area contributed by atoms with Crippen LogP contribution in [0, 0.1) is 12.3 Å². The molecule has 0 saturated carbocycles. The first-order chi connectivity index (χ1) is 11.1. The quantitative estimate of drug-likeness (QED) is 0.755. The molecule has 1 aliphatic rings. The van der Waals surface area contributed by atoms with Gasteiger partial charge in [0.25, 0.3) is 0 Å². The highest BCUT2D eigenvalue weighted by Gasteiger charge is 2.43. The van der Waals surface area contributed by atoms with Crippen LogP contribution in [0.1, 0.15) is 31.7 Å². The molecule has 122 valence electrons. The zero-order valence-electron chi connectivity index (χ0n) is 13.9. The van der Waals surface area contributed by atoms with Crippen LogP contribution >= 0.6 is 0 Å². The van der Waals surface area contributed by atoms with Gasteiger partial charge in [-0.15, -0.1) is 6.42 Å². The third-order valence-corrected chi connectivity index (χ3v) is 4.41. The van der Waals surface area contributed by atoms with Gasteiger partial charge in [-0.2, -0.15) is 0 Å². The minimum Gasteiger partial charge on any atom is -0.332 e. The summed E-state index contributed by atoms with van der Waals surface area (Å²) in [6.07, 6.45) is 8.54. The monoisotopic (exact) mass is 312 g/mol. The Bertz CT molecular complexity index is 591. The maximum absolute atomic E-state index is 12.8. The fourth-order valence-electron chi connectivity index (χ4n) is 3.07. The number of unbranched alkanes of at least 4 members (excludes halogenated alkanes) is 1. The number of rotatable bonds is 6. The van der Waals surface area contributed by atoms with Gasteiger partial charge in [-0.3, -0.25) is 9.59 Å². The second kappa shape index (κ2) is 7.82. The summed E-state index contributed by atoms with van der Waals surface area (Å²) >= 11 is 0. The van der Waals surface area contributed by atoms with Crippen LogP contribution in [0.5, 0.6) is 0 Å². The predicted molar refractivity (Wildman–Crippen MR) is 90.6 cm³/mol. The third-order valence-electron chi connectivity index (χ3n) is 4.41. The molecule has 0 N–H and O–H groups in total. The van der Waals surface area contributed by atoms with Crippen molar-refractivity contribution in [2.75, 3.05) is 13.6 Å². The van der Waals surface area contributed by atoms with E-state index < -0.39 is 6.04 Å². The predicted octanol–water partition coefficient (Wildman–Crippen LogP) is 2.09. The lowest BCUT2D eigenvalue weighted by Crippen LogP contribution is -2.64. The largest absolute Gasteiger partial charge is 0.332 e. The SMILES string of the molecule is C#CCN1C(=O)[C@H](CCCC)N(C)C(=O)[C@@H]1Cc1ccccc1. The fourth-order valence-corrected chi connectivity index (χ4v) is 3.07. The minimum absolute atomic E-state index is 0.0233. The molecule has 0 spiro atoms. The molecule has 0 aliphatic carbocycles. The third kappa shape index (κ3) is 3.73. The Labute approximate surface area is 138 Å². The van der Waals surface area contributed by atoms with Crippen molar-refractivity contribution >= 4 is 11.8 Å². The Balaban J connectivity index is 2.25. The number of piperazine rings is 1. The van der Waals surface area contributed by atoms with Crippen LogP contribution in [0.4, 0.5) is 0 Å². The molecule has 0 unspecified atom stereocenters. The van der Waals surface area contributed by atoms with Gasteiger partial charge in [0.2, 0.25) is 11.8 Å². The molecule has 4 heteroatoms. The topological polar surface area (TPSA) is 40.6 Å². The fraction of sp³-hybridized carbons (Fsp3) is 0.474. The van der Waals surface area contributed by atoms with Crippen molar-refractivity contribution in [3.8, 4) is 12.3 Å². The number of carbonyl (C=O) groups excluding carboxylic acids is 2. The van der Waals surface area contributed by atoms with Crippen LogP contribution in [0.25, 0.3) is 0 Å². The van der Waals surface area contributed by atoms with E-state index in [1.807, 2.05) is 30.3 Å². The Morgan fingerprint density at radius 1 is 1.13 bits per heavy atom. The first-order valence-electron chi connectivity index (χ1n) is 8.14. The van der Waals surface area contributed by atoms with Gasteiger partial charge in [-0.25, -0.2) is 0 Å². The standard InChI is InChI=1S/C19H24N2O2/c1-4-6-12-16-19(23)21(13-5-2)17(18(22)20(16)3)14-15-10-8-7-9-11-15/h2,7-11,16-17H,4,6,12-14H2,1,3H3/t16-,17-/m0/s1. The average molecular weight is 312 g/mol. The highest BCUT2D eigenvalue weighted by Crippen LogP contribution is 2.23. The summed E-state index contributed by atoms with van der Waals surface area (Å²) < 4.78 is 0. The normalized spacial score (nSPS) is 21.4. The Morgan fingerprint density at radius 2 is 1.83 bits per heavy atom. The van der Waals surface area contributed by atoms with Gasteiger partial charge in [0.05, 0.1) is 6.54 Å². The van der Waals surface area contributed by atoms with Crippen molar-refractivity contribution in [3.63, 3.8) is 0 Å². The van der Waals surface area contributed by atoms with Crippen molar-refractivity contribution < 1.29 is 9.59 Å². The van der Waals surface area contributed by atoms with E-state index in [0.717, 1.165) is 18.4 Å². The molecule has 2 amide bonds. The zero-order valence-corrected chi connectivity index (χ0v) is 13.9. The summed E-state index contributed by atoms with van der Waals surface area (Å²) in [5.41, 5.74) is 1.03. The van der Waals surface area contributed by atoms with E-state index in [-0.39, 0.29) is 24.4 Å². The summed E-state index contributed by atoms with van der Waals surface area (Å²) in [4.78, 5) is 28.8. The average Bonchev–Trinajstić information content (AvgIpc) is 2.57. The van der Waals surface area contributed by atoms with Gasteiger partial charge >= 0.3 is 0 Å². The van der Waals surface area contributed by atoms with Gasteiger partial charge in [0.15, 0.2) is 0 Å². The molecule has 0 bridgehead atoms. The molecule has 2 atom stereocenters. The number of benzene rings is 1. The molecule has 1 aliphatic heterocycles. The lowest BCUT2D eigenvalue weighted by molar-refractivity contribution is -0.159. The second-order valence-electron chi connectivity index (χ2n) is 5.98. The van der Waals surface area contributed by atoms with E-state index in [4.69, 9.17) is 6.42 Å². The maximum atomic E-state index is 12.8. The molecule has 0 aromatic heterocycles. The first kappa shape index (κ1) is 17.1. The van der Waals surface area contributed by atoms with Gasteiger partial charge in [-0.1, -0.05) is 56.0 Å². The lowest BCUT2D eigenvalue weighted by Gasteiger charge is -2.43. The van der Waals surface area contributed by atoms with Crippen molar-refractivity contribution in [1.82, 2.24) is 9.80 Å². The number of amides is 2. The lowest BCUT2D eigenvalue weighted by atomic mass is 9.96. The molecule has 1 aromatic rings. The smallest absolute Gasteiger partial charge is 0.246 e. The summed E-state index contributed by atoms with van der Waals surface area (Å²) in [6, 6.07) is 8.84. The van der Waals surface area contributed by atoms with Crippen LogP contribution in [0.3, 0.4) is 0 Å². The summed E-state index contributed by atoms with van der Waals surface area (Å²) in [7, 11) is 1.73. The second-order valence-corrected chi connectivity index (χ2v) is 5.98. The number of terminal acetylenes is 1. The summed E-state index contributed by atoms with van der Waals surface area (Å²) in [6.45, 7) is 2.26. The molecule has 23 heavy (non-hydrogen) atoms. The van der Waals surface area contributed by atoms with E-state index >= 15 is 0 Å². The van der Waals surface area contributed by atoms with E-state index in [9.17, 15) is 9.59 Å². The highest BCUT2D eigenvalue weighted by atomic mass is 16.2. The molecule has 1 saturated heterocycles. The van der Waals surface area contributed by atoms with Crippen molar-refractivity contribution in [2.45, 2.75) is 44.7 Å². The Morgan fingerprint density at radius 3 is 2.43 bits per heavy atom. The molecule has 1 aromatic carbocycles. The molecule has 1 fully saturated rings. The highest BCUT2D eigenvalue weighted by molar-refractivity contribution is 5.97. The van der Waals surface area contributed by atoms with Crippen molar-refractivity contribution in [1.29, 1.82) is 0 Å². The Hall–Kier alpha value is -2.28. The number of hydrogen-bond acceptors (Lipinski definition) is 2. The van der Waals surface area contributed by atoms with E-state index in [1.54, 1.807) is 16.8 Å². The van der Waals surface area contributed by atoms with Crippen LogP contribution in [-0.4, -0.2) is 47.3 Å². The van der Waals surface area contributed by atoms with Gasteiger partial charge in [0, 0.05) is 13.5 Å². The maximum Gasteiger partial charge on any atom is 0.246 e. The van der Waals surface area contributed by atoms with Crippen LogP contribution in [0.2, 0.25) is 0 Å². The molecular formula is C19H24N2O2. The molecule has 1 heterocycles. The summed E-state index contributed by atoms with van der Waals surface area (Å²) in [5.74, 6) is 2.48. The van der Waals surface area contributed by atoms with E-state index in [0.29, 0.717) is 12.8 Å². The molecule has 2 rings (SSSR count). The first-order valence-corrected chi connectivity index (χ1v) is 8.14. The van der Waals surface area contributed by atoms with Gasteiger partial charge in [0.1, 0.15) is 12.1 Å². The number of nitrogens with zero attached hydrogens (tertiary/aromatic N) is 2. The Kier molecular flexibility index (Phi) is 5.81. The molecule has 0 radical (unpaired) electrons. The van der Waals surface area contributed by atoms with Gasteiger partial charge < -0.3 is 9.80 Å². The van der Waals surface area contributed by atoms with E-state index in [1.165, 1.54) is 0 Å². The number of hydrogen-bond donors (Lipinski definition) is 0. The summed E-state index contributed by atoms with van der Waals surface area (Å²) in [5, 5.41) is 0. The van der Waals surface area contributed by atoms with Crippen LogP contribution in [-0.2, 0) is 16.0 Å². The van der Waals surface area contributed by atoms with Crippen molar-refractivity contribution in [3.05, 3.63) is 35.9 Å². The molecule has 4 nitrogen and oxygen atoms in total. The number of likely N-dealkylation sites (N-methyl/N-ethyl adjacent to an activating group) is 1. The molecular weight excluding hydrogens is 288 g/mol. The van der Waals surface area contributed by atoms with E-state index in [2.05, 4.69) is 12.8 Å². The van der Waals surface area contributed by atoms with Crippen LogP contribution in [0.15, 0.2) is 30.3 Å². The van der Waals surface area contributed by atoms with Crippen LogP contribution < -0.4 is 0 Å². The van der Waals surface area contributed by atoms with Gasteiger partial charge in [-0.05, 0) is 12.0 Å². The minimum atomic E-state index is -0.510. The van der Waals surface area contributed by atoms with Crippen molar-refractivity contribution in [2.24, 2.45) is 0 Å². The number of carbonyl (C=O) groups is 2.